The summed E-state index contributed by atoms with van der Waals surface area (Å²) in [5.41, 5.74) is 0.455. The van der Waals surface area contributed by atoms with Crippen LogP contribution in [0.5, 0.6) is 0 Å². The average molecular weight is 352 g/mol. The van der Waals surface area contributed by atoms with E-state index in [-0.39, 0.29) is 0 Å². The van der Waals surface area contributed by atoms with Crippen LogP contribution in [0.1, 0.15) is 94.6 Å². The highest BCUT2D eigenvalue weighted by Crippen LogP contribution is 2.45. The molecule has 2 atom stereocenters. The van der Waals surface area contributed by atoms with Crippen LogP contribution in [-0.4, -0.2) is 0 Å². The van der Waals surface area contributed by atoms with Crippen LogP contribution in [0.2, 0.25) is 0 Å². The van der Waals surface area contributed by atoms with E-state index in [9.17, 15) is 13.2 Å². The highest BCUT2D eigenvalue weighted by atomic mass is 19.3. The molecule has 0 N–H and O–H groups in total. The molecule has 0 amide bonds. The van der Waals surface area contributed by atoms with Gasteiger partial charge in [-0.15, -0.1) is 0 Å². The van der Waals surface area contributed by atoms with Gasteiger partial charge in [0.15, 0.2) is 0 Å². The fourth-order valence-corrected chi connectivity index (χ4v) is 5.29. The van der Waals surface area contributed by atoms with Crippen LogP contribution in [0, 0.1) is 23.6 Å². The summed E-state index contributed by atoms with van der Waals surface area (Å²) >= 11 is 0. The van der Waals surface area contributed by atoms with E-state index in [2.05, 4.69) is 6.92 Å². The largest absolute Gasteiger partial charge is 0.266 e. The van der Waals surface area contributed by atoms with E-state index in [0.717, 1.165) is 36.2 Å². The Morgan fingerprint density at radius 2 is 1.76 bits per heavy atom. The molecule has 0 saturated heterocycles. The fourth-order valence-electron chi connectivity index (χ4n) is 5.29. The number of hydrogen-bond acceptors (Lipinski definition) is 0. The second-order valence-electron chi connectivity index (χ2n) is 8.27. The van der Waals surface area contributed by atoms with E-state index in [4.69, 9.17) is 0 Å². The fraction of sp³-hybridized carbons (Fsp3) is 0.727. The van der Waals surface area contributed by atoms with Crippen molar-refractivity contribution in [2.24, 2.45) is 17.8 Å². The van der Waals surface area contributed by atoms with Crippen LogP contribution in [-0.2, 0) is 0 Å². The van der Waals surface area contributed by atoms with Crippen molar-refractivity contribution in [1.29, 1.82) is 0 Å². The maximum Gasteiger partial charge on any atom is 0.266 e. The van der Waals surface area contributed by atoms with Crippen molar-refractivity contribution in [3.05, 3.63) is 35.1 Å². The third-order valence-electron chi connectivity index (χ3n) is 6.70. The van der Waals surface area contributed by atoms with Gasteiger partial charge in [-0.05, 0) is 61.0 Å². The summed E-state index contributed by atoms with van der Waals surface area (Å²) in [7, 11) is 0. The van der Waals surface area contributed by atoms with Gasteiger partial charge in [0.05, 0.1) is 5.56 Å². The highest BCUT2D eigenvalue weighted by molar-refractivity contribution is 5.28. The minimum atomic E-state index is -2.73. The van der Waals surface area contributed by atoms with Gasteiger partial charge in [-0.3, -0.25) is 0 Å². The summed E-state index contributed by atoms with van der Waals surface area (Å²) in [4.78, 5) is 0. The molecule has 1 aromatic carbocycles. The summed E-state index contributed by atoms with van der Waals surface area (Å²) in [6.45, 7) is 2.27. The Morgan fingerprint density at radius 3 is 2.40 bits per heavy atom. The van der Waals surface area contributed by atoms with Crippen molar-refractivity contribution >= 4 is 0 Å². The Kier molecular flexibility index (Phi) is 6.46. The molecule has 3 rings (SSSR count). The van der Waals surface area contributed by atoms with Gasteiger partial charge in [0.1, 0.15) is 5.82 Å². The predicted octanol–water partition coefficient (Wildman–Crippen LogP) is 7.64. The maximum atomic E-state index is 13.9. The quantitative estimate of drug-likeness (QED) is 0.510. The van der Waals surface area contributed by atoms with E-state index in [1.54, 1.807) is 6.07 Å². The highest BCUT2D eigenvalue weighted by Gasteiger charge is 2.32. The summed E-state index contributed by atoms with van der Waals surface area (Å²) in [5, 5.41) is 0. The lowest BCUT2D eigenvalue weighted by molar-refractivity contribution is 0.146. The monoisotopic (exact) mass is 352 g/mol. The molecule has 2 aliphatic rings. The number of benzene rings is 1. The molecular weight excluding hydrogens is 321 g/mol. The van der Waals surface area contributed by atoms with Gasteiger partial charge in [0, 0.05) is 0 Å². The van der Waals surface area contributed by atoms with Crippen LogP contribution < -0.4 is 0 Å². The van der Waals surface area contributed by atoms with Gasteiger partial charge in [0.2, 0.25) is 0 Å². The smallest absolute Gasteiger partial charge is 0.206 e. The topological polar surface area (TPSA) is 0 Å². The molecule has 2 fully saturated rings. The van der Waals surface area contributed by atoms with Crippen LogP contribution >= 0.6 is 0 Å². The number of rotatable bonds is 5. The van der Waals surface area contributed by atoms with Crippen molar-refractivity contribution in [2.45, 2.75) is 83.5 Å². The summed E-state index contributed by atoms with van der Waals surface area (Å²) in [6.07, 6.45) is 10.0. The predicted molar refractivity (Wildman–Crippen MR) is 96.4 cm³/mol. The number of hydrogen-bond donors (Lipinski definition) is 0. The van der Waals surface area contributed by atoms with Crippen molar-refractivity contribution in [3.8, 4) is 0 Å². The lowest BCUT2D eigenvalue weighted by Gasteiger charge is -2.38. The first-order valence-corrected chi connectivity index (χ1v) is 10.2. The summed E-state index contributed by atoms with van der Waals surface area (Å²) < 4.78 is 39.4. The van der Waals surface area contributed by atoms with Crippen LogP contribution in [0.4, 0.5) is 13.2 Å². The maximum absolute atomic E-state index is 13.9. The lowest BCUT2D eigenvalue weighted by Crippen LogP contribution is -2.26. The van der Waals surface area contributed by atoms with Gasteiger partial charge >= 0.3 is 0 Å². The minimum absolute atomic E-state index is 0.341. The Morgan fingerprint density at radius 1 is 1.00 bits per heavy atom. The van der Waals surface area contributed by atoms with E-state index in [1.807, 2.05) is 0 Å². The zero-order valence-corrected chi connectivity index (χ0v) is 15.3. The normalized spacial score (nSPS) is 30.6. The first kappa shape index (κ1) is 18.8. The molecule has 0 aliphatic heterocycles. The molecule has 0 radical (unpaired) electrons. The molecule has 2 aliphatic carbocycles. The van der Waals surface area contributed by atoms with Crippen LogP contribution in [0.3, 0.4) is 0 Å². The van der Waals surface area contributed by atoms with Gasteiger partial charge in [-0.25, -0.2) is 13.2 Å². The van der Waals surface area contributed by atoms with Crippen LogP contribution in [0.25, 0.3) is 0 Å². The molecule has 0 aromatic heterocycles. The second kappa shape index (κ2) is 8.60. The third kappa shape index (κ3) is 4.60. The SMILES string of the molecule is CCCC1CCC(C2CCC[C@H](c3ccc(C(F)F)c(F)c3)C2)CC1. The second-order valence-corrected chi connectivity index (χ2v) is 8.27. The zero-order valence-electron chi connectivity index (χ0n) is 15.3. The Balaban J connectivity index is 1.61. The standard InChI is InChI=1S/C22H31F3/c1-2-4-15-7-9-16(10-8-15)17-5-3-6-18(13-17)19-11-12-20(22(24)25)21(23)14-19/h11-12,14-18,22H,2-10,13H2,1H3/t15?,16?,17?,18-/m0/s1. The minimum Gasteiger partial charge on any atom is -0.206 e. The lowest BCUT2D eigenvalue weighted by atomic mass is 9.67. The van der Waals surface area contributed by atoms with Gasteiger partial charge < -0.3 is 0 Å². The molecular formula is C22H31F3. The summed E-state index contributed by atoms with van der Waals surface area (Å²) in [6, 6.07) is 4.39. The number of alkyl halides is 2. The molecule has 0 bridgehead atoms. The molecule has 0 nitrogen and oxygen atoms in total. The molecule has 0 heterocycles. The van der Waals surface area contributed by atoms with Crippen molar-refractivity contribution < 1.29 is 13.2 Å². The molecule has 140 valence electrons. The Bertz CT molecular complexity index is 546. The molecule has 25 heavy (non-hydrogen) atoms. The molecule has 1 unspecified atom stereocenters. The van der Waals surface area contributed by atoms with E-state index >= 15 is 0 Å². The van der Waals surface area contributed by atoms with Gasteiger partial charge in [0.25, 0.3) is 6.43 Å². The average Bonchev–Trinajstić information content (AvgIpc) is 2.62. The summed E-state index contributed by atoms with van der Waals surface area (Å²) in [5.74, 6) is 2.08. The van der Waals surface area contributed by atoms with Crippen molar-refractivity contribution in [1.82, 2.24) is 0 Å². The molecule has 0 spiro atoms. The van der Waals surface area contributed by atoms with Gasteiger partial charge in [-0.2, -0.15) is 0 Å². The molecule has 2 saturated carbocycles. The van der Waals surface area contributed by atoms with E-state index in [1.165, 1.54) is 63.5 Å². The third-order valence-corrected chi connectivity index (χ3v) is 6.70. The van der Waals surface area contributed by atoms with Crippen molar-refractivity contribution in [2.75, 3.05) is 0 Å². The Hall–Kier alpha value is -0.990. The van der Waals surface area contributed by atoms with E-state index in [0.29, 0.717) is 5.92 Å². The first-order valence-electron chi connectivity index (χ1n) is 10.2. The van der Waals surface area contributed by atoms with Crippen LogP contribution in [0.15, 0.2) is 18.2 Å². The van der Waals surface area contributed by atoms with E-state index < -0.39 is 17.8 Å². The molecule has 3 heteroatoms. The zero-order chi connectivity index (χ0) is 17.8. The molecule has 1 aromatic rings. The van der Waals surface area contributed by atoms with Crippen molar-refractivity contribution in [3.63, 3.8) is 0 Å². The van der Waals surface area contributed by atoms with Gasteiger partial charge in [-0.1, -0.05) is 57.6 Å². The number of halogens is 3. The first-order chi connectivity index (χ1) is 12.1. The Labute approximate surface area is 150 Å².